The largest absolute Gasteiger partial charge is 0.444 e. The normalized spacial score (nSPS) is 10.9. The zero-order valence-corrected chi connectivity index (χ0v) is 13.2. The van der Waals surface area contributed by atoms with E-state index in [4.69, 9.17) is 4.74 Å². The van der Waals surface area contributed by atoms with Crippen LogP contribution in [0.15, 0.2) is 54.6 Å². The van der Waals surface area contributed by atoms with Gasteiger partial charge in [0.2, 0.25) is 0 Å². The Morgan fingerprint density at radius 3 is 2.18 bits per heavy atom. The van der Waals surface area contributed by atoms with E-state index in [2.05, 4.69) is 22.8 Å². The number of carbonyl (C=O) groups is 1. The molecule has 0 unspecified atom stereocenters. The van der Waals surface area contributed by atoms with E-state index in [1.54, 1.807) is 0 Å². The van der Waals surface area contributed by atoms with Crippen LogP contribution in [-0.2, 0) is 11.3 Å². The van der Waals surface area contributed by atoms with Gasteiger partial charge in [-0.25, -0.2) is 4.79 Å². The third-order valence-electron chi connectivity index (χ3n) is 2.89. The van der Waals surface area contributed by atoms with E-state index in [0.29, 0.717) is 12.2 Å². The van der Waals surface area contributed by atoms with Gasteiger partial charge in [0.05, 0.1) is 11.4 Å². The van der Waals surface area contributed by atoms with Gasteiger partial charge in [0.1, 0.15) is 5.60 Å². The molecule has 2 aromatic carbocycles. The summed E-state index contributed by atoms with van der Waals surface area (Å²) >= 11 is 0. The van der Waals surface area contributed by atoms with Crippen LogP contribution in [0, 0.1) is 0 Å². The Hall–Kier alpha value is -2.49. The Morgan fingerprint density at radius 1 is 0.955 bits per heavy atom. The third kappa shape index (κ3) is 5.13. The molecular formula is C18H22N2O2. The number of carbonyl (C=O) groups excluding carboxylic acids is 1. The molecule has 4 heteroatoms. The number of anilines is 2. The van der Waals surface area contributed by atoms with Gasteiger partial charge < -0.3 is 10.1 Å². The van der Waals surface area contributed by atoms with Crippen molar-refractivity contribution in [3.63, 3.8) is 0 Å². The van der Waals surface area contributed by atoms with Gasteiger partial charge in [-0.2, -0.15) is 0 Å². The smallest absolute Gasteiger partial charge is 0.412 e. The van der Waals surface area contributed by atoms with Crippen LogP contribution in [-0.4, -0.2) is 11.7 Å². The maximum atomic E-state index is 11.9. The molecule has 2 rings (SSSR count). The average molecular weight is 298 g/mol. The number of rotatable bonds is 4. The summed E-state index contributed by atoms with van der Waals surface area (Å²) in [6.45, 7) is 6.21. The summed E-state index contributed by atoms with van der Waals surface area (Å²) in [6, 6.07) is 17.7. The second-order valence-electron chi connectivity index (χ2n) is 6.01. The van der Waals surface area contributed by atoms with Gasteiger partial charge in [0, 0.05) is 6.54 Å². The molecule has 0 atom stereocenters. The first-order chi connectivity index (χ1) is 10.4. The summed E-state index contributed by atoms with van der Waals surface area (Å²) in [5.41, 5.74) is 2.22. The zero-order valence-electron chi connectivity index (χ0n) is 13.2. The number of benzene rings is 2. The first-order valence-corrected chi connectivity index (χ1v) is 7.31. The number of hydrogen-bond donors (Lipinski definition) is 2. The van der Waals surface area contributed by atoms with Crippen LogP contribution in [0.4, 0.5) is 16.2 Å². The lowest BCUT2D eigenvalue weighted by molar-refractivity contribution is 0.0636. The van der Waals surface area contributed by atoms with Crippen LogP contribution in [0.5, 0.6) is 0 Å². The van der Waals surface area contributed by atoms with Crippen LogP contribution in [0.25, 0.3) is 0 Å². The molecule has 116 valence electrons. The number of nitrogens with one attached hydrogen (secondary N) is 2. The van der Waals surface area contributed by atoms with E-state index >= 15 is 0 Å². The van der Waals surface area contributed by atoms with E-state index in [-0.39, 0.29) is 0 Å². The molecule has 0 aromatic heterocycles. The summed E-state index contributed by atoms with van der Waals surface area (Å²) in [5, 5.41) is 6.11. The lowest BCUT2D eigenvalue weighted by atomic mass is 10.2. The molecule has 0 radical (unpaired) electrons. The molecule has 0 aliphatic heterocycles. The fourth-order valence-corrected chi connectivity index (χ4v) is 1.95. The SMILES string of the molecule is CC(C)(C)OC(=O)Nc1ccccc1NCc1ccccc1. The lowest BCUT2D eigenvalue weighted by Crippen LogP contribution is -2.27. The second kappa shape index (κ2) is 6.98. The Balaban J connectivity index is 2.02. The highest BCUT2D eigenvalue weighted by atomic mass is 16.6. The van der Waals surface area contributed by atoms with Gasteiger partial charge in [-0.1, -0.05) is 42.5 Å². The topological polar surface area (TPSA) is 50.4 Å². The number of ether oxygens (including phenoxy) is 1. The van der Waals surface area contributed by atoms with Crippen molar-refractivity contribution in [2.45, 2.75) is 32.9 Å². The van der Waals surface area contributed by atoms with Crippen molar-refractivity contribution < 1.29 is 9.53 Å². The molecule has 1 amide bonds. The Labute approximate surface area is 131 Å². The predicted octanol–water partition coefficient (Wildman–Crippen LogP) is 4.65. The highest BCUT2D eigenvalue weighted by molar-refractivity contribution is 5.89. The average Bonchev–Trinajstić information content (AvgIpc) is 2.45. The minimum absolute atomic E-state index is 0.457. The van der Waals surface area contributed by atoms with Crippen molar-refractivity contribution in [1.29, 1.82) is 0 Å². The Bertz CT molecular complexity index is 618. The zero-order chi connectivity index (χ0) is 16.0. The summed E-state index contributed by atoms with van der Waals surface area (Å²) < 4.78 is 5.28. The molecule has 0 saturated heterocycles. The molecule has 2 aromatic rings. The molecule has 0 spiro atoms. The van der Waals surface area contributed by atoms with Crippen LogP contribution in [0.2, 0.25) is 0 Å². The molecule has 0 aliphatic rings. The third-order valence-corrected chi connectivity index (χ3v) is 2.89. The predicted molar refractivity (Wildman–Crippen MR) is 90.1 cm³/mol. The van der Waals surface area contributed by atoms with E-state index < -0.39 is 11.7 Å². The first-order valence-electron chi connectivity index (χ1n) is 7.31. The molecule has 0 fully saturated rings. The fraction of sp³-hybridized carbons (Fsp3) is 0.278. The fourth-order valence-electron chi connectivity index (χ4n) is 1.95. The van der Waals surface area contributed by atoms with Crippen LogP contribution >= 0.6 is 0 Å². The first kappa shape index (κ1) is 15.9. The number of amides is 1. The summed E-state index contributed by atoms with van der Waals surface area (Å²) in [6.07, 6.45) is -0.457. The molecule has 0 aliphatic carbocycles. The Kier molecular flexibility index (Phi) is 5.04. The maximum Gasteiger partial charge on any atom is 0.412 e. The summed E-state index contributed by atoms with van der Waals surface area (Å²) in [5.74, 6) is 0. The standard InChI is InChI=1S/C18H22N2O2/c1-18(2,3)22-17(21)20-16-12-8-7-11-15(16)19-13-14-9-5-4-6-10-14/h4-12,19H,13H2,1-3H3,(H,20,21). The lowest BCUT2D eigenvalue weighted by Gasteiger charge is -2.20. The molecule has 4 nitrogen and oxygen atoms in total. The highest BCUT2D eigenvalue weighted by Gasteiger charge is 2.17. The summed E-state index contributed by atoms with van der Waals surface area (Å²) in [4.78, 5) is 11.9. The van der Waals surface area contributed by atoms with E-state index in [1.807, 2.05) is 63.2 Å². The molecule has 0 saturated carbocycles. The van der Waals surface area contributed by atoms with Gasteiger partial charge in [0.15, 0.2) is 0 Å². The highest BCUT2D eigenvalue weighted by Crippen LogP contribution is 2.22. The monoisotopic (exact) mass is 298 g/mol. The number of hydrogen-bond acceptors (Lipinski definition) is 3. The van der Waals surface area contributed by atoms with Gasteiger partial charge in [-0.05, 0) is 38.5 Å². The van der Waals surface area contributed by atoms with Crippen LogP contribution in [0.3, 0.4) is 0 Å². The molecule has 0 bridgehead atoms. The van der Waals surface area contributed by atoms with Gasteiger partial charge in [0.25, 0.3) is 0 Å². The quantitative estimate of drug-likeness (QED) is 0.864. The van der Waals surface area contributed by atoms with Gasteiger partial charge in [-0.3, -0.25) is 5.32 Å². The van der Waals surface area contributed by atoms with Crippen molar-refractivity contribution >= 4 is 17.5 Å². The Morgan fingerprint density at radius 2 is 1.55 bits per heavy atom. The molecular weight excluding hydrogens is 276 g/mol. The maximum absolute atomic E-state index is 11.9. The van der Waals surface area contributed by atoms with Crippen molar-refractivity contribution in [1.82, 2.24) is 0 Å². The van der Waals surface area contributed by atoms with Crippen LogP contribution < -0.4 is 10.6 Å². The van der Waals surface area contributed by atoms with E-state index in [1.165, 1.54) is 5.56 Å². The van der Waals surface area contributed by atoms with Crippen LogP contribution in [0.1, 0.15) is 26.3 Å². The van der Waals surface area contributed by atoms with Gasteiger partial charge in [-0.15, -0.1) is 0 Å². The minimum atomic E-state index is -0.517. The van der Waals surface area contributed by atoms with Gasteiger partial charge >= 0.3 is 6.09 Å². The molecule has 0 heterocycles. The van der Waals surface area contributed by atoms with Crippen molar-refractivity contribution in [2.75, 3.05) is 10.6 Å². The van der Waals surface area contributed by atoms with E-state index in [0.717, 1.165) is 5.69 Å². The van der Waals surface area contributed by atoms with Crippen molar-refractivity contribution in [3.05, 3.63) is 60.2 Å². The minimum Gasteiger partial charge on any atom is -0.444 e. The summed E-state index contributed by atoms with van der Waals surface area (Å²) in [7, 11) is 0. The molecule has 22 heavy (non-hydrogen) atoms. The molecule has 2 N–H and O–H groups in total. The second-order valence-corrected chi connectivity index (χ2v) is 6.01. The van der Waals surface area contributed by atoms with E-state index in [9.17, 15) is 4.79 Å². The van der Waals surface area contributed by atoms with Crippen molar-refractivity contribution in [2.24, 2.45) is 0 Å². The number of para-hydroxylation sites is 2. The van der Waals surface area contributed by atoms with Crippen molar-refractivity contribution in [3.8, 4) is 0 Å².